The molecule has 2 aromatic rings. The van der Waals surface area contributed by atoms with Crippen LogP contribution in [0.2, 0.25) is 0 Å². The van der Waals surface area contributed by atoms with E-state index in [1.807, 2.05) is 32.0 Å². The molecule has 0 spiro atoms. The van der Waals surface area contributed by atoms with Crippen LogP contribution in [0.5, 0.6) is 0 Å². The number of carbonyl (C=O) groups is 2. The number of thioether (sulfide) groups is 1. The number of hydrogen-bond acceptors (Lipinski definition) is 5. The maximum absolute atomic E-state index is 12.1. The highest BCUT2D eigenvalue weighted by molar-refractivity contribution is 7.98. The summed E-state index contributed by atoms with van der Waals surface area (Å²) >= 11 is 1.56. The van der Waals surface area contributed by atoms with Gasteiger partial charge < -0.3 is 0 Å². The normalized spacial score (nSPS) is 10.5. The van der Waals surface area contributed by atoms with Gasteiger partial charge in [-0.2, -0.15) is 0 Å². The fraction of sp³-hybridized carbons (Fsp3) is 0.400. The summed E-state index contributed by atoms with van der Waals surface area (Å²) in [4.78, 5) is 32.5. The number of carbonyl (C=O) groups excluding carboxylic acids is 2. The lowest BCUT2D eigenvalue weighted by Gasteiger charge is -2.08. The first-order chi connectivity index (χ1) is 13.0. The van der Waals surface area contributed by atoms with Gasteiger partial charge in [-0.15, -0.1) is 0 Å². The highest BCUT2D eigenvalue weighted by Crippen LogP contribution is 2.20. The number of unbranched alkanes of at least 4 members (excludes halogenated alkanes) is 2. The fourth-order valence-electron chi connectivity index (χ4n) is 2.46. The van der Waals surface area contributed by atoms with E-state index in [9.17, 15) is 9.59 Å². The highest BCUT2D eigenvalue weighted by Gasteiger charge is 2.08. The Bertz CT molecular complexity index is 758. The number of benzene rings is 1. The molecule has 1 heterocycles. The lowest BCUT2D eigenvalue weighted by molar-refractivity contribution is -0.121. The van der Waals surface area contributed by atoms with E-state index < -0.39 is 0 Å². The van der Waals surface area contributed by atoms with Gasteiger partial charge in [0.05, 0.1) is 0 Å². The van der Waals surface area contributed by atoms with Crippen molar-refractivity contribution < 1.29 is 9.59 Å². The molecule has 0 atom stereocenters. The molecule has 1 aromatic carbocycles. The largest absolute Gasteiger partial charge is 0.273 e. The molecule has 144 valence electrons. The molecule has 2 amide bonds. The molecule has 0 bridgehead atoms. The van der Waals surface area contributed by atoms with Gasteiger partial charge in [0.2, 0.25) is 5.91 Å². The Labute approximate surface area is 164 Å². The number of aryl methyl sites for hydroxylation is 2. The van der Waals surface area contributed by atoms with Crippen LogP contribution in [-0.2, 0) is 10.5 Å². The van der Waals surface area contributed by atoms with Gasteiger partial charge in [0, 0.05) is 29.1 Å². The number of hydrogen-bond donors (Lipinski definition) is 2. The van der Waals surface area contributed by atoms with Crippen molar-refractivity contribution in [1.82, 2.24) is 20.8 Å². The third kappa shape index (κ3) is 7.38. The van der Waals surface area contributed by atoms with Crippen LogP contribution in [0.1, 0.15) is 59.9 Å². The van der Waals surface area contributed by atoms with E-state index in [4.69, 9.17) is 0 Å². The predicted molar refractivity (Wildman–Crippen MR) is 107 cm³/mol. The molecule has 2 N–H and O–H groups in total. The Morgan fingerprint density at radius 2 is 1.67 bits per heavy atom. The van der Waals surface area contributed by atoms with Crippen molar-refractivity contribution in [3.05, 3.63) is 52.8 Å². The van der Waals surface area contributed by atoms with Crippen molar-refractivity contribution in [2.24, 2.45) is 0 Å². The summed E-state index contributed by atoms with van der Waals surface area (Å²) in [7, 11) is 0. The standard InChI is InChI=1S/C20H26N4O2S/c1-4-5-6-7-18(25)23-24-19(26)17-10-8-16(9-11-17)13-27-20-21-14(2)12-15(3)22-20/h8-12H,4-7,13H2,1-3H3,(H,23,25)(H,24,26). The maximum atomic E-state index is 12.1. The maximum Gasteiger partial charge on any atom is 0.269 e. The van der Waals surface area contributed by atoms with Crippen LogP contribution in [0.3, 0.4) is 0 Å². The summed E-state index contributed by atoms with van der Waals surface area (Å²) in [6.45, 7) is 5.99. The molecule has 7 heteroatoms. The van der Waals surface area contributed by atoms with Gasteiger partial charge in [-0.1, -0.05) is 43.7 Å². The minimum Gasteiger partial charge on any atom is -0.273 e. The van der Waals surface area contributed by atoms with Crippen LogP contribution in [0.4, 0.5) is 0 Å². The molecule has 0 unspecified atom stereocenters. The first-order valence-corrected chi connectivity index (χ1v) is 10.1. The van der Waals surface area contributed by atoms with Crippen molar-refractivity contribution in [2.45, 2.75) is 57.4 Å². The summed E-state index contributed by atoms with van der Waals surface area (Å²) in [6, 6.07) is 9.23. The third-order valence-corrected chi connectivity index (χ3v) is 4.79. The lowest BCUT2D eigenvalue weighted by atomic mass is 10.1. The average Bonchev–Trinajstić information content (AvgIpc) is 2.64. The molecule has 0 saturated carbocycles. The topological polar surface area (TPSA) is 84.0 Å². The first kappa shape index (κ1) is 20.9. The highest BCUT2D eigenvalue weighted by atomic mass is 32.2. The Hall–Kier alpha value is -2.41. The summed E-state index contributed by atoms with van der Waals surface area (Å²) in [5.41, 5.74) is 8.38. The minimum atomic E-state index is -0.323. The van der Waals surface area contributed by atoms with Crippen LogP contribution in [-0.4, -0.2) is 21.8 Å². The van der Waals surface area contributed by atoms with Gasteiger partial charge in [-0.05, 0) is 44.0 Å². The predicted octanol–water partition coefficient (Wildman–Crippen LogP) is 3.73. The second-order valence-electron chi connectivity index (χ2n) is 6.38. The minimum absolute atomic E-state index is 0.168. The molecule has 0 radical (unpaired) electrons. The molecule has 0 saturated heterocycles. The number of hydrazine groups is 1. The molecular weight excluding hydrogens is 360 g/mol. The van der Waals surface area contributed by atoms with Crippen LogP contribution < -0.4 is 10.9 Å². The number of nitrogens with one attached hydrogen (secondary N) is 2. The smallest absolute Gasteiger partial charge is 0.269 e. The Balaban J connectivity index is 1.81. The quantitative estimate of drug-likeness (QED) is 0.313. The van der Waals surface area contributed by atoms with Gasteiger partial charge in [0.25, 0.3) is 5.91 Å². The Morgan fingerprint density at radius 1 is 1.00 bits per heavy atom. The van der Waals surface area contributed by atoms with Crippen molar-refractivity contribution >= 4 is 23.6 Å². The Morgan fingerprint density at radius 3 is 2.30 bits per heavy atom. The van der Waals surface area contributed by atoms with Gasteiger partial charge in [-0.3, -0.25) is 20.4 Å². The molecule has 0 aliphatic carbocycles. The van der Waals surface area contributed by atoms with Crippen LogP contribution in [0.15, 0.2) is 35.5 Å². The van der Waals surface area contributed by atoms with E-state index in [-0.39, 0.29) is 11.8 Å². The van der Waals surface area contributed by atoms with Gasteiger partial charge in [-0.25, -0.2) is 9.97 Å². The van der Waals surface area contributed by atoms with Crippen LogP contribution in [0.25, 0.3) is 0 Å². The fourth-order valence-corrected chi connectivity index (χ4v) is 3.36. The summed E-state index contributed by atoms with van der Waals surface area (Å²) in [5.74, 6) is 0.229. The molecule has 2 rings (SSSR count). The van der Waals surface area contributed by atoms with Crippen molar-refractivity contribution in [2.75, 3.05) is 0 Å². The second-order valence-corrected chi connectivity index (χ2v) is 7.32. The average molecular weight is 387 g/mol. The first-order valence-electron chi connectivity index (χ1n) is 9.11. The molecule has 27 heavy (non-hydrogen) atoms. The molecular formula is C20H26N4O2S. The van der Waals surface area contributed by atoms with Crippen molar-refractivity contribution in [1.29, 1.82) is 0 Å². The SMILES string of the molecule is CCCCCC(=O)NNC(=O)c1ccc(CSc2nc(C)cc(C)n2)cc1. The van der Waals surface area contributed by atoms with Crippen LogP contribution >= 0.6 is 11.8 Å². The van der Waals surface area contributed by atoms with Crippen molar-refractivity contribution in [3.8, 4) is 0 Å². The summed E-state index contributed by atoms with van der Waals surface area (Å²) < 4.78 is 0. The van der Waals surface area contributed by atoms with E-state index in [0.29, 0.717) is 12.0 Å². The third-order valence-electron chi connectivity index (χ3n) is 3.87. The molecule has 0 aliphatic rings. The monoisotopic (exact) mass is 386 g/mol. The zero-order chi connectivity index (χ0) is 19.6. The summed E-state index contributed by atoms with van der Waals surface area (Å²) in [5, 5.41) is 0.750. The van der Waals surface area contributed by atoms with E-state index in [0.717, 1.165) is 47.1 Å². The van der Waals surface area contributed by atoms with Gasteiger partial charge >= 0.3 is 0 Å². The number of aromatic nitrogens is 2. The van der Waals surface area contributed by atoms with E-state index in [2.05, 4.69) is 27.7 Å². The number of amides is 2. The summed E-state index contributed by atoms with van der Waals surface area (Å²) in [6.07, 6.45) is 3.31. The van der Waals surface area contributed by atoms with Crippen molar-refractivity contribution in [3.63, 3.8) is 0 Å². The zero-order valence-electron chi connectivity index (χ0n) is 16.0. The van der Waals surface area contributed by atoms with E-state index >= 15 is 0 Å². The lowest BCUT2D eigenvalue weighted by Crippen LogP contribution is -2.41. The van der Waals surface area contributed by atoms with E-state index in [1.165, 1.54) is 0 Å². The van der Waals surface area contributed by atoms with Gasteiger partial charge in [0.15, 0.2) is 5.16 Å². The molecule has 0 aliphatic heterocycles. The van der Waals surface area contributed by atoms with Crippen LogP contribution in [0, 0.1) is 13.8 Å². The molecule has 1 aromatic heterocycles. The van der Waals surface area contributed by atoms with Gasteiger partial charge in [0.1, 0.15) is 0 Å². The number of nitrogens with zero attached hydrogens (tertiary/aromatic N) is 2. The zero-order valence-corrected chi connectivity index (χ0v) is 16.9. The second kappa shape index (κ2) is 10.7. The molecule has 0 fully saturated rings. The Kier molecular flexibility index (Phi) is 8.26. The number of rotatable bonds is 8. The van der Waals surface area contributed by atoms with E-state index in [1.54, 1.807) is 23.9 Å². The molecule has 6 nitrogen and oxygen atoms in total.